The molecule has 1 unspecified atom stereocenters. The van der Waals surface area contributed by atoms with Gasteiger partial charge in [-0.05, 0) is 35.9 Å². The summed E-state index contributed by atoms with van der Waals surface area (Å²) in [5.41, 5.74) is 9.00. The number of aromatic nitrogens is 1. The predicted molar refractivity (Wildman–Crippen MR) is 92.2 cm³/mol. The van der Waals surface area contributed by atoms with Gasteiger partial charge in [0.25, 0.3) is 0 Å². The number of aldehydes is 1. The smallest absolute Gasteiger partial charge is 0.127 e. The van der Waals surface area contributed by atoms with Crippen molar-refractivity contribution in [1.29, 1.82) is 0 Å². The third-order valence-electron chi connectivity index (χ3n) is 3.72. The molecule has 112 valence electrons. The Bertz CT molecular complexity index is 870. The molecule has 0 aliphatic rings. The molecule has 0 fully saturated rings. The Kier molecular flexibility index (Phi) is 3.85. The lowest BCUT2D eigenvalue weighted by Crippen LogP contribution is -1.95. The minimum absolute atomic E-state index is 0.211. The van der Waals surface area contributed by atoms with Crippen LogP contribution in [0.25, 0.3) is 16.6 Å². The minimum Gasteiger partial charge on any atom is -0.399 e. The average Bonchev–Trinajstić information content (AvgIpc) is 2.85. The fraction of sp³-hybridized carbons (Fsp3) is 0.118. The van der Waals surface area contributed by atoms with Crippen LogP contribution in [0.1, 0.15) is 18.4 Å². The van der Waals surface area contributed by atoms with Crippen LogP contribution in [0.5, 0.6) is 0 Å². The molecule has 1 heterocycles. The van der Waals surface area contributed by atoms with Crippen molar-refractivity contribution in [2.75, 3.05) is 5.73 Å². The van der Waals surface area contributed by atoms with E-state index in [-0.39, 0.29) is 5.92 Å². The highest BCUT2D eigenvalue weighted by molar-refractivity contribution is 6.33. The molecule has 0 saturated carbocycles. The van der Waals surface area contributed by atoms with Crippen molar-refractivity contribution in [3.63, 3.8) is 0 Å². The van der Waals surface area contributed by atoms with Gasteiger partial charge >= 0.3 is 0 Å². The Morgan fingerprint density at radius 2 is 1.95 bits per heavy atom. The van der Waals surface area contributed by atoms with E-state index in [9.17, 15) is 4.79 Å². The number of nitrogens with zero attached hydrogens (tertiary/aromatic N) is 1. The quantitative estimate of drug-likeness (QED) is 0.552. The molecule has 3 aromatic rings. The van der Waals surface area contributed by atoms with Gasteiger partial charge in [-0.2, -0.15) is 0 Å². The fourth-order valence-electron chi connectivity index (χ4n) is 2.58. The lowest BCUT2D eigenvalue weighted by Gasteiger charge is -2.08. The van der Waals surface area contributed by atoms with Gasteiger partial charge in [0.1, 0.15) is 6.29 Å². The molecule has 0 bridgehead atoms. The van der Waals surface area contributed by atoms with E-state index in [0.29, 0.717) is 15.7 Å². The van der Waals surface area contributed by atoms with Gasteiger partial charge in [0.15, 0.2) is 0 Å². The largest absolute Gasteiger partial charge is 0.399 e. The van der Waals surface area contributed by atoms with Crippen LogP contribution in [-0.2, 0) is 4.79 Å². The second-order valence-electron chi connectivity index (χ2n) is 5.25. The maximum absolute atomic E-state index is 11.2. The number of carbonyl (C=O) groups is 1. The summed E-state index contributed by atoms with van der Waals surface area (Å²) in [6.45, 7) is 1.87. The molecule has 0 radical (unpaired) electrons. The topological polar surface area (TPSA) is 48.0 Å². The minimum atomic E-state index is -0.211. The van der Waals surface area contributed by atoms with Gasteiger partial charge < -0.3 is 15.1 Å². The van der Waals surface area contributed by atoms with Crippen LogP contribution in [0.3, 0.4) is 0 Å². The molecule has 3 rings (SSSR count). The summed E-state index contributed by atoms with van der Waals surface area (Å²) in [6, 6.07) is 11.0. The third kappa shape index (κ3) is 2.47. The highest BCUT2D eigenvalue weighted by atomic mass is 35.5. The normalized spacial score (nSPS) is 12.5. The van der Waals surface area contributed by atoms with Gasteiger partial charge in [-0.3, -0.25) is 0 Å². The van der Waals surface area contributed by atoms with E-state index < -0.39 is 0 Å². The summed E-state index contributed by atoms with van der Waals surface area (Å²) in [5, 5.41) is 2.16. The van der Waals surface area contributed by atoms with Gasteiger partial charge in [0, 0.05) is 28.2 Å². The van der Waals surface area contributed by atoms with Gasteiger partial charge in [-0.25, -0.2) is 0 Å². The lowest BCUT2D eigenvalue weighted by atomic mass is 10.0. The zero-order valence-electron chi connectivity index (χ0n) is 11.9. The summed E-state index contributed by atoms with van der Waals surface area (Å²) in [6.07, 6.45) is 2.86. The number of anilines is 1. The molecule has 3 nitrogen and oxygen atoms in total. The summed E-state index contributed by atoms with van der Waals surface area (Å²) in [7, 11) is 0. The standard InChI is InChI=1S/C17H14Cl2N2O/c1-10(9-22)14-8-21(16-5-3-12(20)7-15(16)19)17-6-11(18)2-4-13(14)17/h2-10H,20H2,1H3. The first-order valence-electron chi connectivity index (χ1n) is 6.82. The Morgan fingerprint density at radius 1 is 1.18 bits per heavy atom. The van der Waals surface area contributed by atoms with E-state index in [0.717, 1.165) is 28.4 Å². The van der Waals surface area contributed by atoms with Crippen LogP contribution in [-0.4, -0.2) is 10.9 Å². The van der Waals surface area contributed by atoms with Crippen LogP contribution >= 0.6 is 23.2 Å². The molecule has 22 heavy (non-hydrogen) atoms. The first-order valence-corrected chi connectivity index (χ1v) is 7.58. The number of nitrogen functional groups attached to an aromatic ring is 1. The van der Waals surface area contributed by atoms with Crippen LogP contribution in [0.4, 0.5) is 5.69 Å². The highest BCUT2D eigenvalue weighted by Gasteiger charge is 2.16. The molecule has 2 N–H and O–H groups in total. The van der Waals surface area contributed by atoms with E-state index >= 15 is 0 Å². The van der Waals surface area contributed by atoms with Crippen molar-refractivity contribution in [3.05, 3.63) is 58.2 Å². The molecule has 0 aliphatic heterocycles. The van der Waals surface area contributed by atoms with E-state index in [2.05, 4.69) is 0 Å². The fourth-order valence-corrected chi connectivity index (χ4v) is 3.03. The molecule has 1 aromatic heterocycles. The maximum atomic E-state index is 11.2. The first kappa shape index (κ1) is 14.9. The van der Waals surface area contributed by atoms with Crippen LogP contribution in [0, 0.1) is 0 Å². The van der Waals surface area contributed by atoms with Crippen molar-refractivity contribution in [1.82, 2.24) is 4.57 Å². The number of hydrogen-bond donors (Lipinski definition) is 1. The predicted octanol–water partition coefficient (Wildman–Crippen LogP) is 4.82. The van der Waals surface area contributed by atoms with Crippen LogP contribution in [0.15, 0.2) is 42.6 Å². The maximum Gasteiger partial charge on any atom is 0.127 e. The molecule has 0 aliphatic carbocycles. The van der Waals surface area contributed by atoms with Crippen LogP contribution < -0.4 is 5.73 Å². The summed E-state index contributed by atoms with van der Waals surface area (Å²) in [4.78, 5) is 11.2. The number of fused-ring (bicyclic) bond motifs is 1. The van der Waals surface area contributed by atoms with Crippen LogP contribution in [0.2, 0.25) is 10.0 Å². The molecule has 1 atom stereocenters. The van der Waals surface area contributed by atoms with Crippen molar-refractivity contribution >= 4 is 46.1 Å². The van der Waals surface area contributed by atoms with E-state index in [1.54, 1.807) is 12.1 Å². The Hall–Kier alpha value is -1.97. The molecule has 0 spiro atoms. The second kappa shape index (κ2) is 5.67. The van der Waals surface area contributed by atoms with Crippen molar-refractivity contribution in [2.45, 2.75) is 12.8 Å². The average molecular weight is 333 g/mol. The first-order chi connectivity index (χ1) is 10.5. The monoisotopic (exact) mass is 332 g/mol. The number of halogens is 2. The molecule has 5 heteroatoms. The third-order valence-corrected chi connectivity index (χ3v) is 4.26. The number of nitrogens with two attached hydrogens (primary N) is 1. The number of hydrogen-bond acceptors (Lipinski definition) is 2. The summed E-state index contributed by atoms with van der Waals surface area (Å²) < 4.78 is 1.94. The number of rotatable bonds is 3. The van der Waals surface area contributed by atoms with Gasteiger partial charge in [-0.15, -0.1) is 0 Å². The number of benzene rings is 2. The van der Waals surface area contributed by atoms with E-state index in [1.165, 1.54) is 0 Å². The van der Waals surface area contributed by atoms with Gasteiger partial charge in [0.2, 0.25) is 0 Å². The zero-order chi connectivity index (χ0) is 15.9. The Balaban J connectivity index is 2.33. The summed E-state index contributed by atoms with van der Waals surface area (Å²) >= 11 is 12.5. The van der Waals surface area contributed by atoms with Gasteiger partial charge in [-0.1, -0.05) is 36.2 Å². The van der Waals surface area contributed by atoms with Gasteiger partial charge in [0.05, 0.1) is 16.2 Å². The van der Waals surface area contributed by atoms with Crippen molar-refractivity contribution in [2.24, 2.45) is 0 Å². The van der Waals surface area contributed by atoms with Crippen molar-refractivity contribution in [3.8, 4) is 5.69 Å². The zero-order valence-corrected chi connectivity index (χ0v) is 13.4. The highest BCUT2D eigenvalue weighted by Crippen LogP contribution is 2.33. The SMILES string of the molecule is CC(C=O)c1cn(-c2ccc(N)cc2Cl)c2cc(Cl)ccc12. The number of carbonyl (C=O) groups excluding carboxylic acids is 1. The molecule has 0 amide bonds. The summed E-state index contributed by atoms with van der Waals surface area (Å²) in [5.74, 6) is -0.211. The Labute approximate surface area is 138 Å². The molecule has 0 saturated heterocycles. The Morgan fingerprint density at radius 3 is 2.64 bits per heavy atom. The van der Waals surface area contributed by atoms with Crippen molar-refractivity contribution < 1.29 is 4.79 Å². The molecular weight excluding hydrogens is 319 g/mol. The lowest BCUT2D eigenvalue weighted by molar-refractivity contribution is -0.108. The van der Waals surface area contributed by atoms with E-state index in [4.69, 9.17) is 28.9 Å². The van der Waals surface area contributed by atoms with E-state index in [1.807, 2.05) is 42.0 Å². The second-order valence-corrected chi connectivity index (χ2v) is 6.10. The molecular formula is C17H14Cl2N2O. The molecule has 2 aromatic carbocycles.